The van der Waals surface area contributed by atoms with Crippen LogP contribution < -0.4 is 0 Å². The highest BCUT2D eigenvalue weighted by molar-refractivity contribution is 6.34. The molecule has 176 valence electrons. The summed E-state index contributed by atoms with van der Waals surface area (Å²) in [7, 11) is 0. The van der Waals surface area contributed by atoms with Gasteiger partial charge in [-0.15, -0.1) is 34.8 Å². The molecule has 8 atom stereocenters. The molecule has 0 aromatic carbocycles. The molecule has 3 fully saturated rings. The first-order chi connectivity index (χ1) is 14.9. The van der Waals surface area contributed by atoms with Crippen molar-refractivity contribution in [3.05, 3.63) is 23.8 Å². The normalized spacial score (nSPS) is 47.3. The van der Waals surface area contributed by atoms with E-state index in [0.29, 0.717) is 19.3 Å². The Balaban J connectivity index is 1.81. The molecule has 2 unspecified atom stereocenters. The standard InChI is InChI=1S/C24H29Cl3O5/c1-13(28)12-32-20-9-17-16-5-4-14-8-15(29)6-7-21(14,2)23(16,27)18(26)10-22(17,3)24(20,31)19(30)11-25/h6-8,16-18,20,31H,4-5,9-12H2,1-3H3/t16-,17-,18?,20?,21-,22-,23-,24+/m0/s1. The molecule has 4 aliphatic carbocycles. The average molecular weight is 504 g/mol. The fourth-order valence-corrected chi connectivity index (χ4v) is 8.58. The van der Waals surface area contributed by atoms with Crippen molar-refractivity contribution in [2.75, 3.05) is 12.5 Å². The van der Waals surface area contributed by atoms with Crippen LogP contribution in [-0.4, -0.2) is 56.9 Å². The molecule has 3 saturated carbocycles. The Morgan fingerprint density at radius 2 is 1.97 bits per heavy atom. The quantitative estimate of drug-likeness (QED) is 0.574. The molecule has 1 N–H and O–H groups in total. The van der Waals surface area contributed by atoms with E-state index in [1.165, 1.54) is 6.92 Å². The third-order valence-corrected chi connectivity index (χ3v) is 10.6. The molecule has 0 aromatic rings. The monoisotopic (exact) mass is 502 g/mol. The average Bonchev–Trinajstić information content (AvgIpc) is 2.95. The predicted octanol–water partition coefficient (Wildman–Crippen LogP) is 4.00. The van der Waals surface area contributed by atoms with Gasteiger partial charge in [-0.3, -0.25) is 14.4 Å². The minimum absolute atomic E-state index is 0.0522. The molecule has 32 heavy (non-hydrogen) atoms. The molecule has 0 bridgehead atoms. The summed E-state index contributed by atoms with van der Waals surface area (Å²) in [5.41, 5.74) is -2.43. The summed E-state index contributed by atoms with van der Waals surface area (Å²) in [6.07, 6.45) is 6.24. The van der Waals surface area contributed by atoms with Crippen LogP contribution >= 0.6 is 34.8 Å². The van der Waals surface area contributed by atoms with Crippen molar-refractivity contribution in [2.45, 2.75) is 68.4 Å². The highest BCUT2D eigenvalue weighted by Crippen LogP contribution is 2.71. The maximum absolute atomic E-state index is 13.0. The smallest absolute Gasteiger partial charge is 0.182 e. The zero-order valence-electron chi connectivity index (χ0n) is 18.5. The van der Waals surface area contributed by atoms with Gasteiger partial charge in [-0.2, -0.15) is 0 Å². The third kappa shape index (κ3) is 3.00. The molecule has 0 heterocycles. The lowest BCUT2D eigenvalue weighted by molar-refractivity contribution is -0.177. The molecule has 0 aromatic heterocycles. The summed E-state index contributed by atoms with van der Waals surface area (Å²) in [5, 5.41) is 11.3. The summed E-state index contributed by atoms with van der Waals surface area (Å²) in [5.74, 6) is -1.43. The first-order valence-corrected chi connectivity index (χ1v) is 12.4. The van der Waals surface area contributed by atoms with Crippen molar-refractivity contribution in [1.82, 2.24) is 0 Å². The van der Waals surface area contributed by atoms with E-state index >= 15 is 0 Å². The zero-order chi connectivity index (χ0) is 23.7. The topological polar surface area (TPSA) is 80.7 Å². The van der Waals surface area contributed by atoms with Gasteiger partial charge in [0.1, 0.15) is 6.61 Å². The largest absolute Gasteiger partial charge is 0.379 e. The van der Waals surface area contributed by atoms with Gasteiger partial charge < -0.3 is 9.84 Å². The Morgan fingerprint density at radius 1 is 1.28 bits per heavy atom. The maximum Gasteiger partial charge on any atom is 0.182 e. The van der Waals surface area contributed by atoms with Gasteiger partial charge in [0.25, 0.3) is 0 Å². The van der Waals surface area contributed by atoms with Gasteiger partial charge >= 0.3 is 0 Å². The number of hydrogen-bond donors (Lipinski definition) is 1. The Hall–Kier alpha value is -0.720. The fraction of sp³-hybridized carbons (Fsp3) is 0.708. The van der Waals surface area contributed by atoms with E-state index in [4.69, 9.17) is 39.5 Å². The molecule has 0 aliphatic heterocycles. The van der Waals surface area contributed by atoms with E-state index in [2.05, 4.69) is 0 Å². The van der Waals surface area contributed by atoms with Gasteiger partial charge in [-0.1, -0.05) is 25.5 Å². The Morgan fingerprint density at radius 3 is 2.59 bits per heavy atom. The zero-order valence-corrected chi connectivity index (χ0v) is 20.8. The number of Topliss-reactive ketones (excluding diaryl/α,β-unsaturated/α-hetero) is 2. The van der Waals surface area contributed by atoms with Crippen LogP contribution in [-0.2, 0) is 19.1 Å². The molecule has 4 aliphatic rings. The van der Waals surface area contributed by atoms with Crippen molar-refractivity contribution in [3.8, 4) is 0 Å². The number of alkyl halides is 3. The maximum atomic E-state index is 13.0. The Kier molecular flexibility index (Phi) is 6.03. The van der Waals surface area contributed by atoms with E-state index in [1.54, 1.807) is 12.2 Å². The van der Waals surface area contributed by atoms with Crippen molar-refractivity contribution in [3.63, 3.8) is 0 Å². The second kappa shape index (κ2) is 7.91. The fourth-order valence-electron chi connectivity index (χ4n) is 7.14. The molecule has 0 radical (unpaired) electrons. The number of hydrogen-bond acceptors (Lipinski definition) is 5. The molecule has 5 nitrogen and oxygen atoms in total. The first-order valence-electron chi connectivity index (χ1n) is 11.1. The van der Waals surface area contributed by atoms with Crippen molar-refractivity contribution in [1.29, 1.82) is 0 Å². The molecule has 0 spiro atoms. The number of halogens is 3. The SMILES string of the molecule is CC(=O)COC1C[C@H]2[C@@H]3CCC4=CC(=O)C=C[C@]4(C)[C@@]3(Cl)C(Cl)C[C@]2(C)[C@@]1(O)C(=O)CCl. The van der Waals surface area contributed by atoms with Gasteiger partial charge in [0.15, 0.2) is 23.0 Å². The van der Waals surface area contributed by atoms with Gasteiger partial charge in [-0.25, -0.2) is 0 Å². The molecule has 8 heteroatoms. The minimum atomic E-state index is -1.87. The number of rotatable bonds is 5. The van der Waals surface area contributed by atoms with Gasteiger partial charge in [0.05, 0.1) is 22.2 Å². The lowest BCUT2D eigenvalue weighted by Gasteiger charge is -2.63. The molecule has 4 rings (SSSR count). The van der Waals surface area contributed by atoms with Gasteiger partial charge in [0.2, 0.25) is 0 Å². The lowest BCUT2D eigenvalue weighted by atomic mass is 9.46. The summed E-state index contributed by atoms with van der Waals surface area (Å²) in [4.78, 5) is 35.8. The number of carbonyl (C=O) groups is 3. The molecular weight excluding hydrogens is 475 g/mol. The number of ketones is 3. The van der Waals surface area contributed by atoms with Crippen molar-refractivity contribution in [2.24, 2.45) is 22.7 Å². The van der Waals surface area contributed by atoms with E-state index in [9.17, 15) is 19.5 Å². The predicted molar refractivity (Wildman–Crippen MR) is 123 cm³/mol. The van der Waals surface area contributed by atoms with Crippen LogP contribution in [0, 0.1) is 22.7 Å². The molecule has 0 saturated heterocycles. The number of fused-ring (bicyclic) bond motifs is 5. The van der Waals surface area contributed by atoms with E-state index < -0.39 is 38.6 Å². The van der Waals surface area contributed by atoms with Gasteiger partial charge in [0, 0.05) is 10.8 Å². The number of allylic oxidation sites excluding steroid dienone is 4. The summed E-state index contributed by atoms with van der Waals surface area (Å²) in [6.45, 7) is 5.10. The number of aliphatic hydroxyl groups is 1. The van der Waals surface area contributed by atoms with E-state index in [0.717, 1.165) is 5.57 Å². The van der Waals surface area contributed by atoms with Crippen LogP contribution in [0.15, 0.2) is 23.8 Å². The van der Waals surface area contributed by atoms with Crippen LogP contribution in [0.3, 0.4) is 0 Å². The highest BCUT2D eigenvalue weighted by Gasteiger charge is 2.75. The number of ether oxygens (including phenoxy) is 1. The van der Waals surface area contributed by atoms with Crippen LogP contribution in [0.2, 0.25) is 0 Å². The summed E-state index contributed by atoms with van der Waals surface area (Å²) >= 11 is 20.5. The van der Waals surface area contributed by atoms with Crippen LogP contribution in [0.4, 0.5) is 0 Å². The van der Waals surface area contributed by atoms with E-state index in [-0.39, 0.29) is 42.3 Å². The number of carbonyl (C=O) groups excluding carboxylic acids is 3. The van der Waals surface area contributed by atoms with E-state index in [1.807, 2.05) is 19.9 Å². The van der Waals surface area contributed by atoms with Crippen LogP contribution in [0.1, 0.15) is 46.5 Å². The summed E-state index contributed by atoms with van der Waals surface area (Å²) < 4.78 is 5.82. The Bertz CT molecular complexity index is 931. The lowest BCUT2D eigenvalue weighted by Crippen LogP contribution is -2.68. The van der Waals surface area contributed by atoms with Crippen molar-refractivity contribution >= 4 is 52.2 Å². The Labute approximate surface area is 203 Å². The van der Waals surface area contributed by atoms with Crippen molar-refractivity contribution < 1.29 is 24.2 Å². The van der Waals surface area contributed by atoms with Crippen LogP contribution in [0.5, 0.6) is 0 Å². The molecular formula is C24H29Cl3O5. The summed E-state index contributed by atoms with van der Waals surface area (Å²) in [6, 6.07) is 0. The minimum Gasteiger partial charge on any atom is -0.379 e. The second-order valence-electron chi connectivity index (χ2n) is 10.3. The first kappa shape index (κ1) is 24.4. The third-order valence-electron chi connectivity index (χ3n) is 8.83. The van der Waals surface area contributed by atoms with Gasteiger partial charge in [-0.05, 0) is 56.6 Å². The second-order valence-corrected chi connectivity index (χ2v) is 11.7. The van der Waals surface area contributed by atoms with Crippen LogP contribution in [0.25, 0.3) is 0 Å². The highest BCUT2D eigenvalue weighted by atomic mass is 35.5. The molecule has 0 amide bonds.